The van der Waals surface area contributed by atoms with Crippen molar-refractivity contribution in [1.82, 2.24) is 19.9 Å². The zero-order valence-electron chi connectivity index (χ0n) is 17.4. The quantitative estimate of drug-likeness (QED) is 0.336. The molecule has 164 valence electrons. The van der Waals surface area contributed by atoms with Gasteiger partial charge in [-0.05, 0) is 60.7 Å². The summed E-state index contributed by atoms with van der Waals surface area (Å²) >= 11 is 0. The maximum atomic E-state index is 12.2. The van der Waals surface area contributed by atoms with Crippen LogP contribution in [0.3, 0.4) is 0 Å². The average Bonchev–Trinajstić information content (AvgIpc) is 3.25. The van der Waals surface area contributed by atoms with Crippen LogP contribution in [0.4, 0.5) is 11.6 Å². The lowest BCUT2D eigenvalue weighted by molar-refractivity contribution is 0.0879. The van der Waals surface area contributed by atoms with Crippen molar-refractivity contribution in [2.45, 2.75) is 6.04 Å². The van der Waals surface area contributed by atoms with E-state index in [0.717, 1.165) is 17.0 Å². The summed E-state index contributed by atoms with van der Waals surface area (Å²) in [6.07, 6.45) is 0. The van der Waals surface area contributed by atoms with Gasteiger partial charge in [0.2, 0.25) is 5.95 Å². The lowest BCUT2D eigenvalue weighted by Gasteiger charge is -2.13. The highest BCUT2D eigenvalue weighted by molar-refractivity contribution is 5.94. The third kappa shape index (κ3) is 4.53. The first kappa shape index (κ1) is 21.3. The van der Waals surface area contributed by atoms with Crippen molar-refractivity contribution in [3.8, 4) is 17.0 Å². The Bertz CT molecular complexity index is 1200. The van der Waals surface area contributed by atoms with Crippen LogP contribution in [0.1, 0.15) is 10.4 Å². The van der Waals surface area contributed by atoms with Crippen LogP contribution in [0.15, 0.2) is 66.7 Å². The summed E-state index contributed by atoms with van der Waals surface area (Å²) in [6.45, 7) is -0.667. The van der Waals surface area contributed by atoms with Crippen molar-refractivity contribution in [1.29, 1.82) is 0 Å². The first-order chi connectivity index (χ1) is 15.6. The number of benzene rings is 2. The molecule has 0 unspecified atom stereocenters. The first-order valence-corrected chi connectivity index (χ1v) is 10.0. The predicted octanol–water partition coefficient (Wildman–Crippen LogP) is 2.23. The summed E-state index contributed by atoms with van der Waals surface area (Å²) in [7, 11) is 1.63. The van der Waals surface area contributed by atoms with Gasteiger partial charge in [-0.15, -0.1) is 5.10 Å². The molecule has 9 heteroatoms. The highest BCUT2D eigenvalue weighted by Gasteiger charge is 2.13. The SMILES string of the molecule is COc1ccc(-c2cccc3nc(Nc4ccc(C(=O)NC(CO)CO)cc4)nn23)cc1. The van der Waals surface area contributed by atoms with Crippen molar-refractivity contribution in [2.24, 2.45) is 0 Å². The zero-order chi connectivity index (χ0) is 22.5. The van der Waals surface area contributed by atoms with Crippen molar-refractivity contribution < 1.29 is 19.7 Å². The van der Waals surface area contributed by atoms with Crippen LogP contribution in [0.2, 0.25) is 0 Å². The number of ether oxygens (including phenoxy) is 1. The van der Waals surface area contributed by atoms with Crippen LogP contribution in [0.5, 0.6) is 5.75 Å². The van der Waals surface area contributed by atoms with E-state index in [0.29, 0.717) is 22.8 Å². The number of carbonyl (C=O) groups is 1. The number of carbonyl (C=O) groups excluding carboxylic acids is 1. The lowest BCUT2D eigenvalue weighted by Crippen LogP contribution is -2.40. The molecule has 0 fully saturated rings. The maximum Gasteiger partial charge on any atom is 0.251 e. The fourth-order valence-electron chi connectivity index (χ4n) is 3.19. The van der Waals surface area contributed by atoms with E-state index in [4.69, 9.17) is 14.9 Å². The number of aliphatic hydroxyl groups excluding tert-OH is 2. The molecule has 0 aliphatic rings. The van der Waals surface area contributed by atoms with Gasteiger partial charge in [-0.3, -0.25) is 4.79 Å². The van der Waals surface area contributed by atoms with Crippen LogP contribution in [-0.4, -0.2) is 57.1 Å². The van der Waals surface area contributed by atoms with Crippen molar-refractivity contribution in [3.05, 3.63) is 72.3 Å². The number of hydrogen-bond donors (Lipinski definition) is 4. The Balaban J connectivity index is 1.53. The smallest absolute Gasteiger partial charge is 0.251 e. The Morgan fingerprint density at radius 3 is 2.41 bits per heavy atom. The number of aliphatic hydroxyl groups is 2. The minimum absolute atomic E-state index is 0.333. The first-order valence-electron chi connectivity index (χ1n) is 10.0. The van der Waals surface area contributed by atoms with Crippen molar-refractivity contribution in [3.63, 3.8) is 0 Å². The van der Waals surface area contributed by atoms with E-state index in [1.807, 2.05) is 42.5 Å². The molecule has 2 heterocycles. The van der Waals surface area contributed by atoms with E-state index < -0.39 is 6.04 Å². The minimum Gasteiger partial charge on any atom is -0.497 e. The molecule has 0 atom stereocenters. The van der Waals surface area contributed by atoms with Gasteiger partial charge in [0.15, 0.2) is 5.65 Å². The summed E-state index contributed by atoms with van der Waals surface area (Å²) in [6, 6.07) is 19.5. The largest absolute Gasteiger partial charge is 0.497 e. The van der Waals surface area contributed by atoms with E-state index in [1.165, 1.54) is 0 Å². The topological polar surface area (TPSA) is 121 Å². The lowest BCUT2D eigenvalue weighted by atomic mass is 10.1. The van der Waals surface area contributed by atoms with Gasteiger partial charge in [-0.25, -0.2) is 4.52 Å². The van der Waals surface area contributed by atoms with Gasteiger partial charge in [-0.1, -0.05) is 6.07 Å². The van der Waals surface area contributed by atoms with E-state index >= 15 is 0 Å². The van der Waals surface area contributed by atoms with Gasteiger partial charge in [0.05, 0.1) is 32.1 Å². The molecule has 0 aliphatic heterocycles. The molecule has 1 amide bonds. The van der Waals surface area contributed by atoms with E-state index in [9.17, 15) is 4.79 Å². The molecule has 0 spiro atoms. The highest BCUT2D eigenvalue weighted by atomic mass is 16.5. The Hall–Kier alpha value is -3.95. The number of fused-ring (bicyclic) bond motifs is 1. The van der Waals surface area contributed by atoms with Gasteiger partial charge in [0, 0.05) is 16.8 Å². The molecule has 4 rings (SSSR count). The number of methoxy groups -OCH3 is 1. The molecular formula is C23H23N5O4. The second-order valence-corrected chi connectivity index (χ2v) is 7.08. The molecule has 4 N–H and O–H groups in total. The molecule has 0 aliphatic carbocycles. The van der Waals surface area contributed by atoms with Gasteiger partial charge in [-0.2, -0.15) is 4.98 Å². The van der Waals surface area contributed by atoms with Crippen LogP contribution >= 0.6 is 0 Å². The normalized spacial score (nSPS) is 11.0. The Morgan fingerprint density at radius 1 is 1.03 bits per heavy atom. The summed E-state index contributed by atoms with van der Waals surface area (Å²) in [5.41, 5.74) is 3.68. The number of amides is 1. The second kappa shape index (κ2) is 9.46. The Labute approximate surface area is 184 Å². The number of nitrogens with one attached hydrogen (secondary N) is 2. The molecule has 0 bridgehead atoms. The standard InChI is InChI=1S/C23H23N5O4/c1-32-19-11-7-15(8-12-19)20-3-2-4-21-26-23(27-28(20)21)25-17-9-5-16(6-10-17)22(31)24-18(13-29)14-30/h2-12,18,29-30H,13-14H2,1H3,(H,24,31)(H,25,27). The minimum atomic E-state index is -0.692. The molecule has 0 saturated carbocycles. The molecule has 2 aromatic carbocycles. The third-order valence-electron chi connectivity index (χ3n) is 4.92. The van der Waals surface area contributed by atoms with Gasteiger partial charge >= 0.3 is 0 Å². The van der Waals surface area contributed by atoms with E-state index in [2.05, 4.69) is 20.7 Å². The molecule has 0 saturated heterocycles. The van der Waals surface area contributed by atoms with Crippen LogP contribution in [0.25, 0.3) is 16.9 Å². The zero-order valence-corrected chi connectivity index (χ0v) is 17.4. The summed E-state index contributed by atoms with van der Waals surface area (Å²) < 4.78 is 6.98. The predicted molar refractivity (Wildman–Crippen MR) is 120 cm³/mol. The highest BCUT2D eigenvalue weighted by Crippen LogP contribution is 2.24. The summed E-state index contributed by atoms with van der Waals surface area (Å²) in [4.78, 5) is 16.7. The number of rotatable bonds is 8. The van der Waals surface area contributed by atoms with Gasteiger partial charge in [0.25, 0.3) is 5.91 Å². The number of hydrogen-bond acceptors (Lipinski definition) is 7. The van der Waals surface area contributed by atoms with Crippen molar-refractivity contribution >= 4 is 23.2 Å². The molecular weight excluding hydrogens is 410 g/mol. The van der Waals surface area contributed by atoms with Gasteiger partial charge in [0.1, 0.15) is 5.75 Å². The fraction of sp³-hybridized carbons (Fsp3) is 0.174. The van der Waals surface area contributed by atoms with Crippen molar-refractivity contribution in [2.75, 3.05) is 25.6 Å². The molecule has 2 aromatic heterocycles. The van der Waals surface area contributed by atoms with Gasteiger partial charge < -0.3 is 25.6 Å². The fourth-order valence-corrected chi connectivity index (χ4v) is 3.19. The molecule has 9 nitrogen and oxygen atoms in total. The average molecular weight is 433 g/mol. The van der Waals surface area contributed by atoms with Crippen LogP contribution in [0, 0.1) is 0 Å². The summed E-state index contributed by atoms with van der Waals surface area (Å²) in [5.74, 6) is 0.825. The van der Waals surface area contributed by atoms with E-state index in [-0.39, 0.29) is 19.1 Å². The molecule has 32 heavy (non-hydrogen) atoms. The molecule has 0 radical (unpaired) electrons. The molecule has 4 aromatic rings. The number of pyridine rings is 1. The number of anilines is 2. The Morgan fingerprint density at radius 2 is 1.75 bits per heavy atom. The summed E-state index contributed by atoms with van der Waals surface area (Å²) in [5, 5.41) is 28.5. The third-order valence-corrected chi connectivity index (χ3v) is 4.92. The number of aromatic nitrogens is 3. The van der Waals surface area contributed by atoms with Crippen LogP contribution in [-0.2, 0) is 0 Å². The van der Waals surface area contributed by atoms with E-state index in [1.54, 1.807) is 35.9 Å². The monoisotopic (exact) mass is 433 g/mol. The number of nitrogens with zero attached hydrogens (tertiary/aromatic N) is 3. The second-order valence-electron chi connectivity index (χ2n) is 7.08. The van der Waals surface area contributed by atoms with Crippen LogP contribution < -0.4 is 15.4 Å². The maximum absolute atomic E-state index is 12.2. The Kier molecular flexibility index (Phi) is 6.29.